The maximum absolute atomic E-state index is 11.2. The van der Waals surface area contributed by atoms with Crippen LogP contribution in [0.4, 0.5) is 0 Å². The van der Waals surface area contributed by atoms with Crippen molar-refractivity contribution in [2.24, 2.45) is 5.73 Å². The molecule has 0 aliphatic carbocycles. The molecule has 0 radical (unpaired) electrons. The highest BCUT2D eigenvalue weighted by Crippen LogP contribution is 2.14. The summed E-state index contributed by atoms with van der Waals surface area (Å²) in [7, 11) is 1.31. The van der Waals surface area contributed by atoms with Gasteiger partial charge in [0.25, 0.3) is 0 Å². The van der Waals surface area contributed by atoms with Crippen LogP contribution in [-0.4, -0.2) is 41.8 Å². The van der Waals surface area contributed by atoms with E-state index < -0.39 is 8.56 Å². The molecule has 3 N–H and O–H groups in total. The normalized spacial score (nSPS) is 11.5. The molecule has 90 valence electrons. The molecular weight excluding hydrogens is 212 g/mol. The van der Waals surface area contributed by atoms with Crippen LogP contribution in [0.2, 0.25) is 12.6 Å². The summed E-state index contributed by atoms with van der Waals surface area (Å²) in [6, 6.07) is 0.829. The SMILES string of the molecule is CO[Si](C)(CCCC(=O)NCCN)OC. The molecule has 0 saturated carbocycles. The van der Waals surface area contributed by atoms with E-state index in [2.05, 4.69) is 5.32 Å². The molecule has 0 aromatic heterocycles. The van der Waals surface area contributed by atoms with Gasteiger partial charge in [-0.15, -0.1) is 0 Å². The van der Waals surface area contributed by atoms with E-state index in [1.54, 1.807) is 14.2 Å². The summed E-state index contributed by atoms with van der Waals surface area (Å²) in [5.74, 6) is 0.0454. The zero-order valence-corrected chi connectivity index (χ0v) is 10.8. The molecule has 0 rings (SSSR count). The number of rotatable bonds is 8. The molecule has 0 bridgehead atoms. The Morgan fingerprint density at radius 1 is 1.40 bits per heavy atom. The van der Waals surface area contributed by atoms with Gasteiger partial charge in [0.05, 0.1) is 0 Å². The van der Waals surface area contributed by atoms with Gasteiger partial charge in [0.1, 0.15) is 0 Å². The second-order valence-corrected chi connectivity index (χ2v) is 7.12. The van der Waals surface area contributed by atoms with Crippen LogP contribution in [0.3, 0.4) is 0 Å². The minimum absolute atomic E-state index is 0.0454. The van der Waals surface area contributed by atoms with Crippen LogP contribution in [0.1, 0.15) is 12.8 Å². The van der Waals surface area contributed by atoms with Crippen molar-refractivity contribution in [3.8, 4) is 0 Å². The third kappa shape index (κ3) is 6.61. The number of nitrogens with one attached hydrogen (secondary N) is 1. The van der Waals surface area contributed by atoms with Crippen molar-refractivity contribution in [1.82, 2.24) is 5.32 Å². The molecule has 0 fully saturated rings. The van der Waals surface area contributed by atoms with E-state index in [4.69, 9.17) is 14.6 Å². The quantitative estimate of drug-likeness (QED) is 0.589. The van der Waals surface area contributed by atoms with E-state index in [0.29, 0.717) is 19.5 Å². The predicted molar refractivity (Wildman–Crippen MR) is 61.7 cm³/mol. The molecule has 0 aromatic rings. The molecule has 1 amide bonds. The number of carbonyl (C=O) groups is 1. The summed E-state index contributed by atoms with van der Waals surface area (Å²) in [6.07, 6.45) is 1.30. The van der Waals surface area contributed by atoms with Gasteiger partial charge in [-0.2, -0.15) is 0 Å². The van der Waals surface area contributed by atoms with Crippen molar-refractivity contribution >= 4 is 14.5 Å². The lowest BCUT2D eigenvalue weighted by atomic mass is 10.3. The van der Waals surface area contributed by atoms with E-state index in [1.807, 2.05) is 6.55 Å². The highest BCUT2D eigenvalue weighted by atomic mass is 28.4. The zero-order valence-electron chi connectivity index (χ0n) is 9.84. The van der Waals surface area contributed by atoms with Crippen LogP contribution in [0.5, 0.6) is 0 Å². The first-order valence-electron chi connectivity index (χ1n) is 5.15. The Hall–Kier alpha value is -0.433. The monoisotopic (exact) mass is 234 g/mol. The van der Waals surface area contributed by atoms with Crippen LogP contribution in [0.15, 0.2) is 0 Å². The highest BCUT2D eigenvalue weighted by molar-refractivity contribution is 6.65. The molecule has 0 spiro atoms. The Bertz CT molecular complexity index is 186. The molecule has 0 aliphatic heterocycles. The molecule has 0 atom stereocenters. The summed E-state index contributed by atoms with van der Waals surface area (Å²) in [5, 5.41) is 2.72. The van der Waals surface area contributed by atoms with Gasteiger partial charge in [0, 0.05) is 33.7 Å². The lowest BCUT2D eigenvalue weighted by Crippen LogP contribution is -2.36. The lowest BCUT2D eigenvalue weighted by Gasteiger charge is -2.22. The summed E-state index contributed by atoms with van der Waals surface area (Å²) in [6.45, 7) is 3.02. The molecule has 0 aliphatic rings. The molecular formula is C9H22N2O3Si. The summed E-state index contributed by atoms with van der Waals surface area (Å²) in [4.78, 5) is 11.2. The second-order valence-electron chi connectivity index (χ2n) is 3.53. The summed E-state index contributed by atoms with van der Waals surface area (Å²) < 4.78 is 10.6. The van der Waals surface area contributed by atoms with E-state index in [9.17, 15) is 4.79 Å². The van der Waals surface area contributed by atoms with Gasteiger partial charge in [0.2, 0.25) is 5.91 Å². The third-order valence-corrected chi connectivity index (χ3v) is 5.35. The van der Waals surface area contributed by atoms with E-state index in [-0.39, 0.29) is 5.91 Å². The Morgan fingerprint density at radius 2 is 2.00 bits per heavy atom. The topological polar surface area (TPSA) is 73.6 Å². The number of amides is 1. The van der Waals surface area contributed by atoms with Crippen LogP contribution < -0.4 is 11.1 Å². The molecule has 0 aromatic carbocycles. The maximum Gasteiger partial charge on any atom is 0.334 e. The van der Waals surface area contributed by atoms with Crippen LogP contribution in [-0.2, 0) is 13.6 Å². The first-order chi connectivity index (χ1) is 7.08. The van der Waals surface area contributed by atoms with E-state index in [1.165, 1.54) is 0 Å². The van der Waals surface area contributed by atoms with Crippen LogP contribution >= 0.6 is 0 Å². The average Bonchev–Trinajstić information content (AvgIpc) is 2.26. The van der Waals surface area contributed by atoms with Crippen molar-refractivity contribution in [2.75, 3.05) is 27.3 Å². The molecule has 5 nitrogen and oxygen atoms in total. The van der Waals surface area contributed by atoms with Gasteiger partial charge in [-0.1, -0.05) is 0 Å². The largest absolute Gasteiger partial charge is 0.398 e. The molecule has 0 heterocycles. The fraction of sp³-hybridized carbons (Fsp3) is 0.889. The molecule has 15 heavy (non-hydrogen) atoms. The van der Waals surface area contributed by atoms with Gasteiger partial charge in [-0.25, -0.2) is 0 Å². The van der Waals surface area contributed by atoms with Gasteiger partial charge in [-0.3, -0.25) is 4.79 Å². The van der Waals surface area contributed by atoms with Crippen LogP contribution in [0, 0.1) is 0 Å². The third-order valence-electron chi connectivity index (χ3n) is 2.36. The van der Waals surface area contributed by atoms with Gasteiger partial charge in [-0.05, 0) is 19.0 Å². The van der Waals surface area contributed by atoms with E-state index in [0.717, 1.165) is 12.5 Å². The Balaban J connectivity index is 3.64. The second kappa shape index (κ2) is 7.81. The van der Waals surface area contributed by atoms with Crippen molar-refractivity contribution in [1.29, 1.82) is 0 Å². The first kappa shape index (κ1) is 14.6. The maximum atomic E-state index is 11.2. The predicted octanol–water partition coefficient (Wildman–Crippen LogP) is 0.206. The smallest absolute Gasteiger partial charge is 0.334 e. The fourth-order valence-corrected chi connectivity index (χ4v) is 2.55. The average molecular weight is 234 g/mol. The minimum atomic E-state index is -2.00. The minimum Gasteiger partial charge on any atom is -0.398 e. The number of hydrogen-bond acceptors (Lipinski definition) is 4. The van der Waals surface area contributed by atoms with Gasteiger partial charge in [0.15, 0.2) is 0 Å². The molecule has 0 unspecified atom stereocenters. The zero-order chi connectivity index (χ0) is 11.7. The highest BCUT2D eigenvalue weighted by Gasteiger charge is 2.27. The van der Waals surface area contributed by atoms with Crippen molar-refractivity contribution in [3.05, 3.63) is 0 Å². The standard InChI is InChI=1S/C9H22N2O3Si/c1-13-15(3,14-2)8-4-5-9(12)11-7-6-10/h4-8,10H2,1-3H3,(H,11,12). The van der Waals surface area contributed by atoms with Gasteiger partial charge < -0.3 is 19.9 Å². The number of hydrogen-bond donors (Lipinski definition) is 2. The Kier molecular flexibility index (Phi) is 7.58. The van der Waals surface area contributed by atoms with Crippen molar-refractivity contribution < 1.29 is 13.6 Å². The summed E-state index contributed by atoms with van der Waals surface area (Å²) >= 11 is 0. The van der Waals surface area contributed by atoms with E-state index >= 15 is 0 Å². The molecule has 6 heteroatoms. The van der Waals surface area contributed by atoms with Gasteiger partial charge >= 0.3 is 8.56 Å². The number of nitrogens with two attached hydrogens (primary N) is 1. The Morgan fingerprint density at radius 3 is 2.47 bits per heavy atom. The Labute approximate surface area is 92.6 Å². The van der Waals surface area contributed by atoms with Crippen molar-refractivity contribution in [2.45, 2.75) is 25.4 Å². The van der Waals surface area contributed by atoms with Crippen molar-refractivity contribution in [3.63, 3.8) is 0 Å². The lowest BCUT2D eigenvalue weighted by molar-refractivity contribution is -0.121. The summed E-state index contributed by atoms with van der Waals surface area (Å²) in [5.41, 5.74) is 5.27. The molecule has 0 saturated heterocycles. The first-order valence-corrected chi connectivity index (χ1v) is 7.67. The van der Waals surface area contributed by atoms with Crippen LogP contribution in [0.25, 0.3) is 0 Å². The number of carbonyl (C=O) groups excluding carboxylic acids is 1. The fourth-order valence-electron chi connectivity index (χ4n) is 1.16.